The predicted molar refractivity (Wildman–Crippen MR) is 130 cm³/mol. The molecule has 13 nitrogen and oxygen atoms in total. The number of anilines is 2. The number of piperazine rings is 1. The summed E-state index contributed by atoms with van der Waals surface area (Å²) in [7, 11) is 0. The van der Waals surface area contributed by atoms with E-state index in [0.29, 0.717) is 6.54 Å². The van der Waals surface area contributed by atoms with Crippen LogP contribution in [-0.4, -0.2) is 92.6 Å². The number of nitrogens with one attached hydrogen (secondary N) is 4. The van der Waals surface area contributed by atoms with Crippen LogP contribution in [0.1, 0.15) is 42.0 Å². The van der Waals surface area contributed by atoms with Gasteiger partial charge in [0, 0.05) is 39.1 Å². The van der Waals surface area contributed by atoms with Crippen molar-refractivity contribution in [1.29, 1.82) is 5.41 Å². The molecule has 1 saturated heterocycles. The fourth-order valence-electron chi connectivity index (χ4n) is 3.71. The highest BCUT2D eigenvalue weighted by Gasteiger charge is 2.18. The molecule has 0 aromatic carbocycles. The quantitative estimate of drug-likeness (QED) is 0.142. The summed E-state index contributed by atoms with van der Waals surface area (Å²) in [4.78, 5) is 28.9. The summed E-state index contributed by atoms with van der Waals surface area (Å²) in [5, 5.41) is 19.8. The van der Waals surface area contributed by atoms with E-state index in [1.807, 2.05) is 0 Å². The highest BCUT2D eigenvalue weighted by Crippen LogP contribution is 2.17. The van der Waals surface area contributed by atoms with Gasteiger partial charge >= 0.3 is 0 Å². The third-order valence-corrected chi connectivity index (χ3v) is 5.91. The Balaban J connectivity index is 1.21. The average Bonchev–Trinajstić information content (AvgIpc) is 3.33. The van der Waals surface area contributed by atoms with E-state index in [1.165, 1.54) is 6.42 Å². The number of rotatable bonds is 11. The Morgan fingerprint density at radius 1 is 1.06 bits per heavy atom. The van der Waals surface area contributed by atoms with E-state index in [2.05, 4.69) is 45.6 Å². The van der Waals surface area contributed by atoms with Gasteiger partial charge in [0.25, 0.3) is 5.91 Å². The number of amides is 1. The maximum absolute atomic E-state index is 12.2. The molecule has 3 heterocycles. The van der Waals surface area contributed by atoms with Gasteiger partial charge in [-0.25, -0.2) is 15.0 Å². The lowest BCUT2D eigenvalue weighted by atomic mass is 10.2. The molecule has 2 aromatic rings. The van der Waals surface area contributed by atoms with Crippen molar-refractivity contribution >= 4 is 35.1 Å². The maximum atomic E-state index is 12.2. The normalized spacial score (nSPS) is 14.7. The van der Waals surface area contributed by atoms with E-state index in [-0.39, 0.29) is 28.4 Å². The SMILES string of the molecule is N=C(NCCCCN1CCN(CCCCc2ncn[nH]2)CC1)NC(=O)c1nc(Cl)c(N)nc1N. The standard InChI is InChI=1S/C20H33ClN12O/c21-16-18(23)29-17(22)15(28-16)19(34)30-20(24)25-6-2-4-8-33-11-9-32(10-12-33)7-3-1-5-14-26-13-27-31-14/h13H,1-12H2,(H4,22,23,29)(H,26,27,31)(H3,24,25,30,34). The van der Waals surface area contributed by atoms with Gasteiger partial charge in [-0.1, -0.05) is 11.6 Å². The van der Waals surface area contributed by atoms with Crippen LogP contribution in [0.3, 0.4) is 0 Å². The summed E-state index contributed by atoms with van der Waals surface area (Å²) in [6.45, 7) is 7.07. The lowest BCUT2D eigenvalue weighted by Gasteiger charge is -2.34. The van der Waals surface area contributed by atoms with Crippen molar-refractivity contribution in [2.24, 2.45) is 0 Å². The highest BCUT2D eigenvalue weighted by atomic mass is 35.5. The van der Waals surface area contributed by atoms with Gasteiger partial charge in [-0.15, -0.1) is 0 Å². The monoisotopic (exact) mass is 492 g/mol. The zero-order valence-corrected chi connectivity index (χ0v) is 19.9. The molecule has 2 aromatic heterocycles. The Hall–Kier alpha value is -3.03. The second kappa shape index (κ2) is 13.0. The predicted octanol–water partition coefficient (Wildman–Crippen LogP) is 0.0874. The number of H-pyrrole nitrogens is 1. The minimum Gasteiger partial charge on any atom is -0.382 e. The van der Waals surface area contributed by atoms with Crippen LogP contribution in [0.15, 0.2) is 6.33 Å². The van der Waals surface area contributed by atoms with Crippen molar-refractivity contribution in [2.75, 3.05) is 57.3 Å². The maximum Gasteiger partial charge on any atom is 0.280 e. The second-order valence-corrected chi connectivity index (χ2v) is 8.53. The van der Waals surface area contributed by atoms with E-state index in [1.54, 1.807) is 6.33 Å². The zero-order valence-electron chi connectivity index (χ0n) is 19.2. The molecular formula is C20H33ClN12O. The third kappa shape index (κ3) is 8.08. The molecule has 3 rings (SSSR count). The summed E-state index contributed by atoms with van der Waals surface area (Å²) in [6, 6.07) is 0. The third-order valence-electron chi connectivity index (χ3n) is 5.63. The molecule has 1 amide bonds. The van der Waals surface area contributed by atoms with E-state index >= 15 is 0 Å². The number of aryl methyl sites for hydroxylation is 1. The van der Waals surface area contributed by atoms with E-state index < -0.39 is 5.91 Å². The molecule has 0 saturated carbocycles. The van der Waals surface area contributed by atoms with Gasteiger partial charge in [0.15, 0.2) is 28.4 Å². The number of aromatic nitrogens is 5. The van der Waals surface area contributed by atoms with Crippen molar-refractivity contribution in [3.05, 3.63) is 23.0 Å². The van der Waals surface area contributed by atoms with Crippen LogP contribution in [0.4, 0.5) is 11.6 Å². The minimum absolute atomic E-state index is 0.0515. The van der Waals surface area contributed by atoms with Crippen LogP contribution in [0.25, 0.3) is 0 Å². The number of hydrogen-bond acceptors (Lipinski definition) is 10. The summed E-state index contributed by atoms with van der Waals surface area (Å²) < 4.78 is 0. The Kier molecular flexibility index (Phi) is 9.79. The lowest BCUT2D eigenvalue weighted by molar-refractivity contribution is 0.0971. The smallest absolute Gasteiger partial charge is 0.280 e. The fraction of sp³-hybridized carbons (Fsp3) is 0.600. The Bertz CT molecular complexity index is 930. The van der Waals surface area contributed by atoms with Crippen molar-refractivity contribution in [2.45, 2.75) is 32.1 Å². The molecule has 34 heavy (non-hydrogen) atoms. The van der Waals surface area contributed by atoms with Crippen LogP contribution in [0.2, 0.25) is 5.15 Å². The second-order valence-electron chi connectivity index (χ2n) is 8.17. The molecule has 186 valence electrons. The van der Waals surface area contributed by atoms with Gasteiger partial charge in [0.2, 0.25) is 0 Å². The summed E-state index contributed by atoms with van der Waals surface area (Å²) in [5.74, 6) is -0.0259. The van der Waals surface area contributed by atoms with Gasteiger partial charge in [-0.2, -0.15) is 5.10 Å². The molecule has 14 heteroatoms. The van der Waals surface area contributed by atoms with Crippen LogP contribution < -0.4 is 22.1 Å². The number of halogens is 1. The highest BCUT2D eigenvalue weighted by molar-refractivity contribution is 6.31. The van der Waals surface area contributed by atoms with Gasteiger partial charge in [0.1, 0.15) is 12.2 Å². The number of carbonyl (C=O) groups is 1. The first-order valence-corrected chi connectivity index (χ1v) is 11.8. The number of unbranched alkanes of at least 4 members (excludes halogenated alkanes) is 2. The molecule has 1 aliphatic rings. The molecule has 0 aliphatic carbocycles. The van der Waals surface area contributed by atoms with Gasteiger partial charge in [0.05, 0.1) is 0 Å². The summed E-state index contributed by atoms with van der Waals surface area (Å²) in [5.41, 5.74) is 11.0. The molecular weight excluding hydrogens is 460 g/mol. The minimum atomic E-state index is -0.666. The van der Waals surface area contributed by atoms with Crippen molar-refractivity contribution in [3.8, 4) is 0 Å². The van der Waals surface area contributed by atoms with E-state index in [9.17, 15) is 4.79 Å². The molecule has 0 atom stereocenters. The Morgan fingerprint density at radius 2 is 1.74 bits per heavy atom. The van der Waals surface area contributed by atoms with Crippen molar-refractivity contribution in [1.82, 2.24) is 45.6 Å². The van der Waals surface area contributed by atoms with Crippen LogP contribution >= 0.6 is 11.6 Å². The lowest BCUT2D eigenvalue weighted by Crippen LogP contribution is -2.46. The first-order chi connectivity index (χ1) is 16.4. The summed E-state index contributed by atoms with van der Waals surface area (Å²) in [6.07, 6.45) is 6.69. The van der Waals surface area contributed by atoms with Crippen LogP contribution in [-0.2, 0) is 6.42 Å². The molecule has 1 fully saturated rings. The first-order valence-electron chi connectivity index (χ1n) is 11.4. The topological polar surface area (TPSA) is 191 Å². The van der Waals surface area contributed by atoms with Crippen molar-refractivity contribution in [3.63, 3.8) is 0 Å². The number of nitrogen functional groups attached to an aromatic ring is 2. The van der Waals surface area contributed by atoms with Crippen molar-refractivity contribution < 1.29 is 4.79 Å². The molecule has 0 radical (unpaired) electrons. The average molecular weight is 493 g/mol. The summed E-state index contributed by atoms with van der Waals surface area (Å²) >= 11 is 5.79. The molecule has 0 spiro atoms. The van der Waals surface area contributed by atoms with Crippen LogP contribution in [0, 0.1) is 5.41 Å². The number of nitrogens with two attached hydrogens (primary N) is 2. The van der Waals surface area contributed by atoms with Gasteiger partial charge < -0.3 is 26.6 Å². The van der Waals surface area contributed by atoms with E-state index in [4.69, 9.17) is 28.5 Å². The first kappa shape index (κ1) is 25.6. The number of aromatic amines is 1. The zero-order chi connectivity index (χ0) is 24.3. The Morgan fingerprint density at radius 3 is 2.38 bits per heavy atom. The largest absolute Gasteiger partial charge is 0.382 e. The van der Waals surface area contributed by atoms with Crippen LogP contribution in [0.5, 0.6) is 0 Å². The van der Waals surface area contributed by atoms with E-state index in [0.717, 1.165) is 70.8 Å². The molecule has 1 aliphatic heterocycles. The fourth-order valence-corrected chi connectivity index (χ4v) is 3.84. The molecule has 0 bridgehead atoms. The number of hydrogen-bond donors (Lipinski definition) is 6. The molecule has 0 unspecified atom stereocenters. The number of nitrogens with zero attached hydrogens (tertiary/aromatic N) is 6. The number of guanidine groups is 1. The van der Waals surface area contributed by atoms with Gasteiger partial charge in [-0.3, -0.25) is 20.6 Å². The Labute approximate surface area is 203 Å². The van der Waals surface area contributed by atoms with Gasteiger partial charge in [-0.05, 0) is 38.8 Å². The molecule has 8 N–H and O–H groups in total. The number of carbonyl (C=O) groups excluding carboxylic acids is 1.